The number of nitrogens with zero attached hydrogens (tertiary/aromatic N) is 2. The molecule has 0 atom stereocenters. The van der Waals surface area contributed by atoms with E-state index in [1.54, 1.807) is 31.4 Å². The van der Waals surface area contributed by atoms with E-state index in [0.29, 0.717) is 22.2 Å². The van der Waals surface area contributed by atoms with Crippen LogP contribution in [-0.2, 0) is 10.1 Å². The number of ether oxygens (including phenoxy) is 1. The van der Waals surface area contributed by atoms with Crippen molar-refractivity contribution in [1.29, 1.82) is 0 Å². The van der Waals surface area contributed by atoms with Crippen LogP contribution in [-0.4, -0.2) is 25.2 Å². The summed E-state index contributed by atoms with van der Waals surface area (Å²) in [5.74, 6) is 0.592. The van der Waals surface area contributed by atoms with E-state index in [2.05, 4.69) is 10.2 Å². The van der Waals surface area contributed by atoms with Crippen LogP contribution in [0.2, 0.25) is 0 Å². The molecule has 0 aliphatic carbocycles. The van der Waals surface area contributed by atoms with E-state index < -0.39 is 10.1 Å². The van der Waals surface area contributed by atoms with Gasteiger partial charge in [-0.3, -0.25) is 4.55 Å². The fourth-order valence-electron chi connectivity index (χ4n) is 2.30. The Labute approximate surface area is 144 Å². The zero-order valence-corrected chi connectivity index (χ0v) is 13.9. The maximum atomic E-state index is 11.2. The lowest BCUT2D eigenvalue weighted by atomic mass is 10.1. The molecule has 0 unspecified atom stereocenters. The Bertz CT molecular complexity index is 1060. The summed E-state index contributed by atoms with van der Waals surface area (Å²) in [6.07, 6.45) is 0. The molecule has 0 aliphatic heterocycles. The summed E-state index contributed by atoms with van der Waals surface area (Å²) in [7, 11) is -2.75. The number of fused-ring (bicyclic) bond motifs is 1. The smallest absolute Gasteiger partial charge is 0.294 e. The summed E-state index contributed by atoms with van der Waals surface area (Å²) in [5, 5.41) is 19.2. The van der Waals surface area contributed by atoms with Crippen LogP contribution >= 0.6 is 0 Å². The fraction of sp³-hybridized carbons (Fsp3) is 0.0588. The molecule has 128 valence electrons. The van der Waals surface area contributed by atoms with Crippen molar-refractivity contribution in [3.63, 3.8) is 0 Å². The van der Waals surface area contributed by atoms with Gasteiger partial charge in [-0.2, -0.15) is 13.5 Å². The minimum absolute atomic E-state index is 0.0932. The number of aromatic hydroxyl groups is 1. The van der Waals surface area contributed by atoms with Gasteiger partial charge in [0.2, 0.25) is 0 Å². The molecule has 8 heteroatoms. The third-order valence-electron chi connectivity index (χ3n) is 3.58. The van der Waals surface area contributed by atoms with Crippen molar-refractivity contribution >= 4 is 32.3 Å². The van der Waals surface area contributed by atoms with E-state index in [0.717, 1.165) is 0 Å². The number of hydrogen-bond donors (Lipinski definition) is 2. The van der Waals surface area contributed by atoms with Gasteiger partial charge in [-0.05, 0) is 47.9 Å². The monoisotopic (exact) mass is 358 g/mol. The van der Waals surface area contributed by atoms with Gasteiger partial charge in [-0.25, -0.2) is 0 Å². The number of phenolic OH excluding ortho intramolecular Hbond substituents is 1. The predicted molar refractivity (Wildman–Crippen MR) is 92.6 cm³/mol. The summed E-state index contributed by atoms with van der Waals surface area (Å²) in [6.45, 7) is 0. The van der Waals surface area contributed by atoms with Gasteiger partial charge in [0.1, 0.15) is 17.2 Å². The minimum Gasteiger partial charge on any atom is -0.506 e. The molecule has 3 aromatic rings. The Morgan fingerprint density at radius 1 is 0.960 bits per heavy atom. The molecular weight excluding hydrogens is 344 g/mol. The molecule has 0 spiro atoms. The number of azo groups is 1. The first-order valence-electron chi connectivity index (χ1n) is 7.17. The Hall–Kier alpha value is -2.97. The first kappa shape index (κ1) is 16.9. The summed E-state index contributed by atoms with van der Waals surface area (Å²) in [5.41, 5.74) is 0.766. The molecule has 3 aromatic carbocycles. The Morgan fingerprint density at radius 2 is 1.68 bits per heavy atom. The molecule has 3 rings (SSSR count). The third kappa shape index (κ3) is 3.59. The molecule has 0 amide bonds. The number of hydrogen-bond acceptors (Lipinski definition) is 6. The molecule has 2 N–H and O–H groups in total. The summed E-state index contributed by atoms with van der Waals surface area (Å²) in [4.78, 5) is -0.233. The average Bonchev–Trinajstić information content (AvgIpc) is 2.60. The largest absolute Gasteiger partial charge is 0.506 e. The normalized spacial score (nSPS) is 11.9. The van der Waals surface area contributed by atoms with E-state index in [9.17, 15) is 13.5 Å². The summed E-state index contributed by atoms with van der Waals surface area (Å²) < 4.78 is 36.7. The van der Waals surface area contributed by atoms with Gasteiger partial charge < -0.3 is 9.84 Å². The maximum Gasteiger partial charge on any atom is 0.294 e. The van der Waals surface area contributed by atoms with Crippen LogP contribution < -0.4 is 4.74 Å². The van der Waals surface area contributed by atoms with Gasteiger partial charge in [-0.15, -0.1) is 5.11 Å². The van der Waals surface area contributed by atoms with Crippen molar-refractivity contribution in [2.24, 2.45) is 10.2 Å². The first-order chi connectivity index (χ1) is 11.9. The predicted octanol–water partition coefficient (Wildman–Crippen LogP) is 4.22. The Morgan fingerprint density at radius 3 is 2.32 bits per heavy atom. The number of rotatable bonds is 4. The molecule has 0 heterocycles. The van der Waals surface area contributed by atoms with E-state index in [-0.39, 0.29) is 16.3 Å². The van der Waals surface area contributed by atoms with E-state index in [1.165, 1.54) is 30.3 Å². The molecule has 0 saturated heterocycles. The lowest BCUT2D eigenvalue weighted by Gasteiger charge is -2.05. The van der Waals surface area contributed by atoms with Crippen LogP contribution in [0.5, 0.6) is 11.5 Å². The second-order valence-electron chi connectivity index (χ2n) is 5.19. The SMILES string of the molecule is COc1ccc(N=Nc2c(O)ccc3cc(S(=O)(=O)O)ccc23)cc1. The van der Waals surface area contributed by atoms with Crippen LogP contribution in [0.15, 0.2) is 69.7 Å². The van der Waals surface area contributed by atoms with Crippen LogP contribution in [0.4, 0.5) is 11.4 Å². The van der Waals surface area contributed by atoms with Gasteiger partial charge >= 0.3 is 0 Å². The quantitative estimate of drug-likeness (QED) is 0.536. The standard InChI is InChI=1S/C17H14N2O5S/c1-24-13-5-3-12(4-6-13)18-19-17-15-8-7-14(25(21,22)23)10-11(15)2-9-16(17)20/h2-10,20H,1H3,(H,21,22,23). The van der Waals surface area contributed by atoms with Crippen molar-refractivity contribution in [2.45, 2.75) is 4.90 Å². The van der Waals surface area contributed by atoms with Crippen molar-refractivity contribution in [3.05, 3.63) is 54.6 Å². The molecule has 0 bridgehead atoms. The van der Waals surface area contributed by atoms with Crippen molar-refractivity contribution < 1.29 is 22.8 Å². The van der Waals surface area contributed by atoms with E-state index in [1.807, 2.05) is 0 Å². The average molecular weight is 358 g/mol. The van der Waals surface area contributed by atoms with Gasteiger partial charge in [0.25, 0.3) is 10.1 Å². The van der Waals surface area contributed by atoms with Crippen LogP contribution in [0, 0.1) is 0 Å². The zero-order chi connectivity index (χ0) is 18.0. The number of methoxy groups -OCH3 is 1. The second kappa shape index (κ2) is 6.50. The van der Waals surface area contributed by atoms with E-state index >= 15 is 0 Å². The molecule has 7 nitrogen and oxygen atoms in total. The van der Waals surface area contributed by atoms with Crippen LogP contribution in [0.3, 0.4) is 0 Å². The Kier molecular flexibility index (Phi) is 4.39. The highest BCUT2D eigenvalue weighted by atomic mass is 32.2. The lowest BCUT2D eigenvalue weighted by molar-refractivity contribution is 0.415. The zero-order valence-electron chi connectivity index (χ0n) is 13.1. The first-order valence-corrected chi connectivity index (χ1v) is 8.61. The lowest BCUT2D eigenvalue weighted by Crippen LogP contribution is -1.97. The van der Waals surface area contributed by atoms with Crippen molar-refractivity contribution in [2.75, 3.05) is 7.11 Å². The van der Waals surface area contributed by atoms with Crippen molar-refractivity contribution in [3.8, 4) is 11.5 Å². The minimum atomic E-state index is -4.31. The highest BCUT2D eigenvalue weighted by Crippen LogP contribution is 2.37. The van der Waals surface area contributed by atoms with E-state index in [4.69, 9.17) is 9.29 Å². The molecule has 0 radical (unpaired) electrons. The van der Waals surface area contributed by atoms with Gasteiger partial charge in [0.05, 0.1) is 17.7 Å². The molecule has 0 aliphatic rings. The van der Waals surface area contributed by atoms with Crippen LogP contribution in [0.25, 0.3) is 10.8 Å². The van der Waals surface area contributed by atoms with Gasteiger partial charge in [-0.1, -0.05) is 12.1 Å². The molecular formula is C17H14N2O5S. The third-order valence-corrected chi connectivity index (χ3v) is 4.43. The fourth-order valence-corrected chi connectivity index (χ4v) is 2.82. The molecule has 0 fully saturated rings. The van der Waals surface area contributed by atoms with Crippen LogP contribution in [0.1, 0.15) is 0 Å². The highest BCUT2D eigenvalue weighted by Gasteiger charge is 2.13. The summed E-state index contributed by atoms with van der Waals surface area (Å²) in [6, 6.07) is 13.8. The topological polar surface area (TPSA) is 109 Å². The number of benzene rings is 3. The molecule has 0 saturated carbocycles. The molecule has 0 aromatic heterocycles. The van der Waals surface area contributed by atoms with Gasteiger partial charge in [0, 0.05) is 5.39 Å². The second-order valence-corrected chi connectivity index (χ2v) is 6.61. The Balaban J connectivity index is 2.05. The maximum absolute atomic E-state index is 11.2. The highest BCUT2D eigenvalue weighted by molar-refractivity contribution is 7.85. The number of phenols is 1. The molecule has 25 heavy (non-hydrogen) atoms. The van der Waals surface area contributed by atoms with Gasteiger partial charge in [0.15, 0.2) is 0 Å². The summed E-state index contributed by atoms with van der Waals surface area (Å²) >= 11 is 0. The van der Waals surface area contributed by atoms with Crippen molar-refractivity contribution in [1.82, 2.24) is 0 Å².